The van der Waals surface area contributed by atoms with E-state index in [1.807, 2.05) is 0 Å². The molecule has 114 valence electrons. The topological polar surface area (TPSA) is 44.5 Å². The van der Waals surface area contributed by atoms with Crippen molar-refractivity contribution < 1.29 is 31.4 Å². The molecule has 2 N–H and O–H groups in total. The van der Waals surface area contributed by atoms with E-state index >= 15 is 0 Å². The second kappa shape index (κ2) is 5.61. The minimum absolute atomic E-state index is 0. The maximum Gasteiger partial charge on any atom is 0.586 e. The first-order valence-electron chi connectivity index (χ1n) is 5.38. The van der Waals surface area contributed by atoms with E-state index < -0.39 is 24.9 Å². The van der Waals surface area contributed by atoms with Gasteiger partial charge in [0.15, 0.2) is 11.5 Å². The Morgan fingerprint density at radius 3 is 2.35 bits per heavy atom. The van der Waals surface area contributed by atoms with Gasteiger partial charge in [-0.3, -0.25) is 0 Å². The number of rotatable bonds is 3. The zero-order valence-corrected chi connectivity index (χ0v) is 10.7. The van der Waals surface area contributed by atoms with Gasteiger partial charge >= 0.3 is 12.5 Å². The van der Waals surface area contributed by atoms with Crippen LogP contribution in [-0.2, 0) is 0 Å². The normalized spacial score (nSPS) is 17.5. The van der Waals surface area contributed by atoms with Crippen LogP contribution in [0.5, 0.6) is 11.5 Å². The zero-order valence-electron chi connectivity index (χ0n) is 9.92. The van der Waals surface area contributed by atoms with Gasteiger partial charge in [0, 0.05) is 12.5 Å². The molecule has 0 unspecified atom stereocenters. The van der Waals surface area contributed by atoms with Crippen LogP contribution in [0, 0.1) is 0 Å². The number of hydrogen-bond donors (Lipinski definition) is 1. The lowest BCUT2D eigenvalue weighted by Crippen LogP contribution is -2.25. The predicted octanol–water partition coefficient (Wildman–Crippen LogP) is 3.77. The third kappa shape index (κ3) is 4.11. The van der Waals surface area contributed by atoms with Crippen LogP contribution in [0.4, 0.5) is 22.0 Å². The van der Waals surface area contributed by atoms with Gasteiger partial charge in [-0.25, -0.2) is 0 Å². The van der Waals surface area contributed by atoms with Gasteiger partial charge in [0.2, 0.25) is 0 Å². The molecule has 0 spiro atoms. The second-order valence-corrected chi connectivity index (χ2v) is 4.13. The van der Waals surface area contributed by atoms with Crippen LogP contribution < -0.4 is 15.2 Å². The van der Waals surface area contributed by atoms with Crippen molar-refractivity contribution in [2.75, 3.05) is 0 Å². The lowest BCUT2D eigenvalue weighted by atomic mass is 10.0. The zero-order chi connectivity index (χ0) is 14.3. The summed E-state index contributed by atoms with van der Waals surface area (Å²) in [5.41, 5.74) is 5.86. The highest BCUT2D eigenvalue weighted by atomic mass is 35.5. The van der Waals surface area contributed by atoms with Gasteiger partial charge in [0.1, 0.15) is 0 Å². The minimum atomic E-state index is -4.30. The van der Waals surface area contributed by atoms with Gasteiger partial charge in [-0.1, -0.05) is 6.07 Å². The van der Waals surface area contributed by atoms with Crippen molar-refractivity contribution >= 4 is 12.4 Å². The predicted molar refractivity (Wildman–Crippen MR) is 62.1 cm³/mol. The Hall–Kier alpha value is -1.28. The molecule has 0 fully saturated rings. The van der Waals surface area contributed by atoms with E-state index in [-0.39, 0.29) is 35.9 Å². The number of nitrogens with two attached hydrogens (primary N) is 1. The maximum atomic E-state index is 12.7. The molecule has 0 saturated heterocycles. The van der Waals surface area contributed by atoms with Crippen molar-refractivity contribution in [2.24, 2.45) is 5.73 Å². The molecule has 1 heterocycles. The summed E-state index contributed by atoms with van der Waals surface area (Å²) in [6, 6.07) is 2.78. The van der Waals surface area contributed by atoms with Crippen molar-refractivity contribution in [3.05, 3.63) is 23.8 Å². The molecule has 0 bridgehead atoms. The van der Waals surface area contributed by atoms with Crippen molar-refractivity contribution in [3.8, 4) is 11.5 Å². The van der Waals surface area contributed by atoms with Crippen molar-refractivity contribution in [3.63, 3.8) is 0 Å². The molecule has 9 heteroatoms. The van der Waals surface area contributed by atoms with Gasteiger partial charge in [0.25, 0.3) is 0 Å². The van der Waals surface area contributed by atoms with Crippen LogP contribution in [-0.4, -0.2) is 12.5 Å². The molecule has 0 aliphatic carbocycles. The molecule has 1 aliphatic rings. The molecule has 1 aromatic rings. The fourth-order valence-electron chi connectivity index (χ4n) is 1.68. The van der Waals surface area contributed by atoms with Crippen LogP contribution in [0.15, 0.2) is 18.2 Å². The molecule has 0 radical (unpaired) electrons. The molecule has 20 heavy (non-hydrogen) atoms. The summed E-state index contributed by atoms with van der Waals surface area (Å²) in [6.07, 6.45) is -9.43. The van der Waals surface area contributed by atoms with E-state index in [9.17, 15) is 22.0 Å². The van der Waals surface area contributed by atoms with Crippen LogP contribution in [0.2, 0.25) is 0 Å². The SMILES string of the molecule is Cl.N[C@@H](CCC(F)(F)F)c1ccc2c(c1)OC(F)(F)O2. The number of ether oxygens (including phenoxy) is 2. The van der Waals surface area contributed by atoms with E-state index in [0.717, 1.165) is 6.07 Å². The molecule has 0 amide bonds. The maximum absolute atomic E-state index is 12.7. The lowest BCUT2D eigenvalue weighted by molar-refractivity contribution is -0.286. The summed E-state index contributed by atoms with van der Waals surface area (Å²) < 4.78 is 70.0. The van der Waals surface area contributed by atoms with E-state index in [1.165, 1.54) is 12.1 Å². The molecular weight excluding hydrogens is 309 g/mol. The van der Waals surface area contributed by atoms with E-state index in [1.54, 1.807) is 0 Å². The van der Waals surface area contributed by atoms with Crippen LogP contribution in [0.1, 0.15) is 24.4 Å². The first kappa shape index (κ1) is 16.8. The lowest BCUT2D eigenvalue weighted by Gasteiger charge is -2.13. The van der Waals surface area contributed by atoms with Gasteiger partial charge in [-0.15, -0.1) is 21.2 Å². The number of alkyl halides is 5. The van der Waals surface area contributed by atoms with Crippen LogP contribution in [0.3, 0.4) is 0 Å². The fraction of sp³-hybridized carbons (Fsp3) is 0.455. The van der Waals surface area contributed by atoms with Crippen LogP contribution in [0.25, 0.3) is 0 Å². The highest BCUT2D eigenvalue weighted by molar-refractivity contribution is 5.85. The summed E-state index contributed by atoms with van der Waals surface area (Å²) >= 11 is 0. The molecule has 2 rings (SSSR count). The van der Waals surface area contributed by atoms with Gasteiger partial charge in [0.05, 0.1) is 0 Å². The molecular formula is C11H11ClF5NO2. The summed E-state index contributed by atoms with van der Waals surface area (Å²) in [7, 11) is 0. The van der Waals surface area contributed by atoms with Gasteiger partial charge in [-0.2, -0.15) is 13.2 Å². The summed E-state index contributed by atoms with van der Waals surface area (Å²) in [4.78, 5) is 0. The molecule has 1 aromatic carbocycles. The van der Waals surface area contributed by atoms with E-state index in [4.69, 9.17) is 5.73 Å². The number of halogens is 6. The smallest absolute Gasteiger partial charge is 0.395 e. The summed E-state index contributed by atoms with van der Waals surface area (Å²) in [5.74, 6) is -0.401. The Morgan fingerprint density at radius 2 is 1.75 bits per heavy atom. The Balaban J connectivity index is 0.00000200. The van der Waals surface area contributed by atoms with E-state index in [0.29, 0.717) is 0 Å². The third-order valence-corrected chi connectivity index (χ3v) is 2.59. The molecule has 0 aromatic heterocycles. The van der Waals surface area contributed by atoms with Gasteiger partial charge in [-0.05, 0) is 24.1 Å². The van der Waals surface area contributed by atoms with Crippen LogP contribution >= 0.6 is 12.4 Å². The summed E-state index contributed by atoms with van der Waals surface area (Å²) in [5, 5.41) is 0. The minimum Gasteiger partial charge on any atom is -0.395 e. The highest BCUT2D eigenvalue weighted by Crippen LogP contribution is 2.42. The monoisotopic (exact) mass is 319 g/mol. The Morgan fingerprint density at radius 1 is 1.15 bits per heavy atom. The third-order valence-electron chi connectivity index (χ3n) is 2.59. The van der Waals surface area contributed by atoms with E-state index in [2.05, 4.69) is 9.47 Å². The standard InChI is InChI=1S/C11H10F5NO2.ClH/c12-10(13,14)4-3-7(17)6-1-2-8-9(5-6)19-11(15,16)18-8;/h1-2,5,7H,3-4,17H2;1H/t7-;/m0./s1. The number of benzene rings is 1. The Kier molecular flexibility index (Phi) is 4.70. The van der Waals surface area contributed by atoms with Crippen molar-refractivity contribution in [2.45, 2.75) is 31.4 Å². The van der Waals surface area contributed by atoms with Crippen molar-refractivity contribution in [1.29, 1.82) is 0 Å². The average Bonchev–Trinajstić information content (AvgIpc) is 2.57. The first-order valence-corrected chi connectivity index (χ1v) is 5.38. The summed E-state index contributed by atoms with van der Waals surface area (Å²) in [6.45, 7) is 0. The Bertz CT molecular complexity index is 480. The average molecular weight is 320 g/mol. The highest BCUT2D eigenvalue weighted by Gasteiger charge is 2.43. The van der Waals surface area contributed by atoms with Gasteiger partial charge < -0.3 is 15.2 Å². The largest absolute Gasteiger partial charge is 0.586 e. The quantitative estimate of drug-likeness (QED) is 0.863. The molecule has 1 atom stereocenters. The molecule has 3 nitrogen and oxygen atoms in total. The second-order valence-electron chi connectivity index (χ2n) is 4.13. The Labute approximate surface area is 117 Å². The molecule has 1 aliphatic heterocycles. The number of hydrogen-bond acceptors (Lipinski definition) is 3. The molecule has 0 saturated carbocycles. The van der Waals surface area contributed by atoms with Crippen molar-refractivity contribution in [1.82, 2.24) is 0 Å². The first-order chi connectivity index (χ1) is 8.66. The number of fused-ring (bicyclic) bond motifs is 1. The fourth-order valence-corrected chi connectivity index (χ4v) is 1.68.